The molecule has 4 heterocycles. The largest absolute Gasteiger partial charge is 0.151 e. The first kappa shape index (κ1) is 18.3. The predicted molar refractivity (Wildman–Crippen MR) is 158 cm³/mol. The van der Waals surface area contributed by atoms with E-state index in [1.54, 1.807) is 22.7 Å². The third-order valence-electron chi connectivity index (χ3n) is 7.16. The summed E-state index contributed by atoms with van der Waals surface area (Å²) in [4.78, 5) is 0. The van der Waals surface area contributed by atoms with E-state index in [-0.39, 0.29) is 0 Å². The number of hydrogen-bond donors (Lipinski definition) is 0. The Hall–Kier alpha value is -3.02. The molecular formula is C30H14S4. The molecule has 158 valence electrons. The molecule has 9 rings (SSSR count). The number of rotatable bonds is 0. The van der Waals surface area contributed by atoms with E-state index in [0.717, 1.165) is 0 Å². The van der Waals surface area contributed by atoms with Crippen LogP contribution in [0.5, 0.6) is 0 Å². The number of hydrogen-bond acceptors (Lipinski definition) is 4. The first-order valence-corrected chi connectivity index (χ1v) is 14.7. The molecule has 0 aliphatic carbocycles. The van der Waals surface area contributed by atoms with E-state index in [1.807, 2.05) is 22.7 Å². The lowest BCUT2D eigenvalue weighted by molar-refractivity contribution is 1.90. The molecule has 0 unspecified atom stereocenters. The van der Waals surface area contributed by atoms with Crippen molar-refractivity contribution < 1.29 is 0 Å². The van der Waals surface area contributed by atoms with Crippen molar-refractivity contribution in [2.45, 2.75) is 0 Å². The fourth-order valence-electron chi connectivity index (χ4n) is 5.47. The van der Waals surface area contributed by atoms with Gasteiger partial charge in [0, 0.05) is 40.3 Å². The van der Waals surface area contributed by atoms with Crippen LogP contribution in [0.3, 0.4) is 0 Å². The third kappa shape index (κ3) is 2.41. The van der Waals surface area contributed by atoms with Crippen molar-refractivity contribution in [3.05, 3.63) is 82.2 Å². The van der Waals surface area contributed by atoms with Gasteiger partial charge in [0.05, 0.1) is 0 Å². The van der Waals surface area contributed by atoms with Gasteiger partial charge in [-0.3, -0.25) is 0 Å². The van der Waals surface area contributed by atoms with E-state index in [2.05, 4.69) is 82.2 Å². The van der Waals surface area contributed by atoms with E-state index in [4.69, 9.17) is 0 Å². The molecule has 5 aromatic carbocycles. The van der Waals surface area contributed by atoms with Crippen LogP contribution in [-0.4, -0.2) is 0 Å². The van der Waals surface area contributed by atoms with E-state index < -0.39 is 0 Å². The van der Waals surface area contributed by atoms with E-state index >= 15 is 0 Å². The molecule has 0 amide bonds. The third-order valence-corrected chi connectivity index (χ3v) is 11.0. The summed E-state index contributed by atoms with van der Waals surface area (Å²) in [6.45, 7) is 0. The summed E-state index contributed by atoms with van der Waals surface area (Å²) in [5.74, 6) is 0. The fourth-order valence-corrected chi connectivity index (χ4v) is 9.34. The van der Waals surface area contributed by atoms with Gasteiger partial charge in [-0.05, 0) is 125 Å². The Morgan fingerprint density at radius 2 is 0.588 bits per heavy atom. The number of fused-ring (bicyclic) bond motifs is 10. The molecule has 4 aromatic heterocycles. The van der Waals surface area contributed by atoms with Crippen LogP contribution in [0.2, 0.25) is 0 Å². The van der Waals surface area contributed by atoms with Gasteiger partial charge in [-0.1, -0.05) is 0 Å². The second kappa shape index (κ2) is 6.35. The highest BCUT2D eigenvalue weighted by Crippen LogP contribution is 2.42. The first-order valence-electron chi connectivity index (χ1n) is 11.2. The zero-order valence-corrected chi connectivity index (χ0v) is 21.0. The van der Waals surface area contributed by atoms with Crippen molar-refractivity contribution in [3.63, 3.8) is 0 Å². The van der Waals surface area contributed by atoms with Gasteiger partial charge < -0.3 is 0 Å². The van der Waals surface area contributed by atoms with Crippen molar-refractivity contribution in [2.24, 2.45) is 0 Å². The molecule has 0 saturated heterocycles. The molecule has 0 fully saturated rings. The van der Waals surface area contributed by atoms with Crippen LogP contribution in [0, 0.1) is 0 Å². The first-order chi connectivity index (χ1) is 16.8. The average Bonchev–Trinajstić information content (AvgIpc) is 3.61. The summed E-state index contributed by atoms with van der Waals surface area (Å²) >= 11 is 7.40. The lowest BCUT2D eigenvalue weighted by Gasteiger charge is -2.04. The molecule has 0 bridgehead atoms. The summed E-state index contributed by atoms with van der Waals surface area (Å²) in [6, 6.07) is 23.8. The van der Waals surface area contributed by atoms with Crippen LogP contribution in [0.1, 0.15) is 0 Å². The van der Waals surface area contributed by atoms with E-state index in [9.17, 15) is 0 Å². The van der Waals surface area contributed by atoms with Crippen molar-refractivity contribution in [2.75, 3.05) is 0 Å². The number of benzene rings is 5. The standard InChI is InChI=1S/C30H14S4/c1-15-3-23-25-5-19-11-31-13-21(19)9-29(25)34-28(23)8-18(15)2-16-4-24-26-6-20-12-32-14-22(20)10-30(26)33-27(24)7-17(1)16/h1-14H. The van der Waals surface area contributed by atoms with Crippen molar-refractivity contribution in [1.82, 2.24) is 0 Å². The highest BCUT2D eigenvalue weighted by Gasteiger charge is 2.12. The number of thiophene rings is 4. The summed E-state index contributed by atoms with van der Waals surface area (Å²) in [5.41, 5.74) is 0. The molecule has 0 atom stereocenters. The van der Waals surface area contributed by atoms with Crippen LogP contribution >= 0.6 is 45.3 Å². The minimum Gasteiger partial charge on any atom is -0.151 e. The predicted octanol–water partition coefficient (Wildman–Crippen LogP) is 11.2. The molecule has 0 nitrogen and oxygen atoms in total. The van der Waals surface area contributed by atoms with E-state index in [1.165, 1.54) is 83.4 Å². The lowest BCUT2D eigenvalue weighted by atomic mass is 9.99. The second-order valence-electron chi connectivity index (χ2n) is 9.15. The van der Waals surface area contributed by atoms with Gasteiger partial charge in [-0.2, -0.15) is 22.7 Å². The fraction of sp³-hybridized carbons (Fsp3) is 0. The summed E-state index contributed by atoms with van der Waals surface area (Å²) < 4.78 is 5.51. The van der Waals surface area contributed by atoms with Crippen molar-refractivity contribution in [3.8, 4) is 0 Å². The second-order valence-corrected chi connectivity index (χ2v) is 12.8. The Kier molecular flexibility index (Phi) is 3.42. The van der Waals surface area contributed by atoms with Gasteiger partial charge in [-0.15, -0.1) is 22.7 Å². The van der Waals surface area contributed by atoms with Gasteiger partial charge >= 0.3 is 0 Å². The summed E-state index contributed by atoms with van der Waals surface area (Å²) in [5, 5.41) is 25.2. The van der Waals surface area contributed by atoms with E-state index in [0.29, 0.717) is 0 Å². The van der Waals surface area contributed by atoms with Crippen LogP contribution in [-0.2, 0) is 0 Å². The molecule has 0 aliphatic heterocycles. The van der Waals surface area contributed by atoms with Gasteiger partial charge in [0.15, 0.2) is 0 Å². The minimum absolute atomic E-state index is 1.32. The topological polar surface area (TPSA) is 0 Å². The Morgan fingerprint density at radius 1 is 0.294 bits per heavy atom. The minimum atomic E-state index is 1.32. The maximum absolute atomic E-state index is 2.41. The lowest BCUT2D eigenvalue weighted by Crippen LogP contribution is -1.78. The van der Waals surface area contributed by atoms with Crippen molar-refractivity contribution >= 4 is 129 Å². The Labute approximate surface area is 209 Å². The molecule has 0 spiro atoms. The Morgan fingerprint density at radius 3 is 1.00 bits per heavy atom. The van der Waals surface area contributed by atoms with Gasteiger partial charge in [0.1, 0.15) is 0 Å². The molecule has 0 radical (unpaired) electrons. The molecule has 4 heteroatoms. The van der Waals surface area contributed by atoms with Crippen LogP contribution < -0.4 is 0 Å². The highest BCUT2D eigenvalue weighted by atomic mass is 32.1. The average molecular weight is 503 g/mol. The van der Waals surface area contributed by atoms with Crippen LogP contribution in [0.25, 0.3) is 83.4 Å². The van der Waals surface area contributed by atoms with Gasteiger partial charge in [0.2, 0.25) is 0 Å². The molecule has 0 aliphatic rings. The smallest absolute Gasteiger partial charge is 0.0362 e. The maximum atomic E-state index is 2.41. The molecule has 34 heavy (non-hydrogen) atoms. The quantitative estimate of drug-likeness (QED) is 0.181. The molecule has 0 N–H and O–H groups in total. The Balaban J connectivity index is 1.35. The Bertz CT molecular complexity index is 2120. The maximum Gasteiger partial charge on any atom is 0.0362 e. The summed E-state index contributed by atoms with van der Waals surface area (Å²) in [6.07, 6.45) is 0. The molecule has 9 aromatic rings. The normalized spacial score (nSPS) is 12.7. The molecular weight excluding hydrogens is 489 g/mol. The zero-order chi connectivity index (χ0) is 22.0. The molecule has 0 saturated carbocycles. The van der Waals surface area contributed by atoms with Gasteiger partial charge in [0.25, 0.3) is 0 Å². The summed E-state index contributed by atoms with van der Waals surface area (Å²) in [7, 11) is 0. The SMILES string of the molecule is c1scc2cc3c(cc12)sc1cc2cc4cc5c(cc4cc2cc13)sc1cc2cscc2cc15. The monoisotopic (exact) mass is 502 g/mol. The van der Waals surface area contributed by atoms with Crippen molar-refractivity contribution in [1.29, 1.82) is 0 Å². The zero-order valence-electron chi connectivity index (χ0n) is 17.7. The highest BCUT2D eigenvalue weighted by molar-refractivity contribution is 7.26. The van der Waals surface area contributed by atoms with Gasteiger partial charge in [-0.25, -0.2) is 0 Å². The van der Waals surface area contributed by atoms with Crippen LogP contribution in [0.15, 0.2) is 82.2 Å². The van der Waals surface area contributed by atoms with Crippen LogP contribution in [0.4, 0.5) is 0 Å².